The van der Waals surface area contributed by atoms with Crippen LogP contribution >= 0.6 is 0 Å². The highest BCUT2D eigenvalue weighted by atomic mass is 19.4. The van der Waals surface area contributed by atoms with Gasteiger partial charge in [0, 0.05) is 12.4 Å². The number of benzene rings is 1. The molecule has 1 N–H and O–H groups in total. The third-order valence-corrected chi connectivity index (χ3v) is 6.93. The van der Waals surface area contributed by atoms with Gasteiger partial charge in [0.2, 0.25) is 0 Å². The summed E-state index contributed by atoms with van der Waals surface area (Å²) in [5.74, 6) is -0.999. The molecule has 5 aromatic rings. The topological polar surface area (TPSA) is 93.8 Å². The van der Waals surface area contributed by atoms with Crippen molar-refractivity contribution in [1.29, 1.82) is 0 Å². The number of unbranched alkanes of at least 4 members (excludes halogenated alkanes) is 1. The molecule has 0 fully saturated rings. The maximum absolute atomic E-state index is 13.3. The zero-order chi connectivity index (χ0) is 28.9. The second kappa shape index (κ2) is 11.7. The molecule has 0 radical (unpaired) electrons. The van der Waals surface area contributed by atoms with Crippen molar-refractivity contribution in [1.82, 2.24) is 24.7 Å². The lowest BCUT2D eigenvalue weighted by molar-refractivity contribution is -0.137. The van der Waals surface area contributed by atoms with E-state index in [0.717, 1.165) is 29.9 Å². The van der Waals surface area contributed by atoms with Gasteiger partial charge < -0.3 is 5.11 Å². The average molecular weight is 558 g/mol. The maximum atomic E-state index is 13.3. The van der Waals surface area contributed by atoms with Crippen LogP contribution in [0.5, 0.6) is 0 Å². The molecule has 7 nitrogen and oxygen atoms in total. The molecule has 0 amide bonds. The number of aryl methyl sites for hydroxylation is 1. The third-order valence-electron chi connectivity index (χ3n) is 6.93. The first kappa shape index (κ1) is 27.7. The van der Waals surface area contributed by atoms with E-state index in [2.05, 4.69) is 27.2 Å². The van der Waals surface area contributed by atoms with Crippen molar-refractivity contribution in [3.05, 3.63) is 137 Å². The smallest absolute Gasteiger partial charge is 0.419 e. The third kappa shape index (κ3) is 6.01. The highest BCUT2D eigenvalue weighted by Gasteiger charge is 2.41. The highest BCUT2D eigenvalue weighted by molar-refractivity contribution is 5.85. The average Bonchev–Trinajstić information content (AvgIpc) is 3.50. The van der Waals surface area contributed by atoms with Gasteiger partial charge in [-0.25, -0.2) is 19.4 Å². The molecule has 0 aliphatic heterocycles. The number of rotatable bonds is 10. The molecule has 1 aromatic carbocycles. The van der Waals surface area contributed by atoms with Crippen molar-refractivity contribution in [2.75, 3.05) is 0 Å². The van der Waals surface area contributed by atoms with Crippen LogP contribution in [0.15, 0.2) is 104 Å². The van der Waals surface area contributed by atoms with Gasteiger partial charge in [0.25, 0.3) is 0 Å². The summed E-state index contributed by atoms with van der Waals surface area (Å²) in [5.41, 5.74) is 0.559. The van der Waals surface area contributed by atoms with Crippen LogP contribution in [0.4, 0.5) is 13.2 Å². The van der Waals surface area contributed by atoms with Crippen molar-refractivity contribution in [3.63, 3.8) is 0 Å². The van der Waals surface area contributed by atoms with E-state index in [4.69, 9.17) is 4.98 Å². The number of aromatic carboxylic acids is 1. The predicted octanol–water partition coefficient (Wildman–Crippen LogP) is 6.52. The molecule has 208 valence electrons. The summed E-state index contributed by atoms with van der Waals surface area (Å²) in [7, 11) is 0. The highest BCUT2D eigenvalue weighted by Crippen LogP contribution is 2.41. The fourth-order valence-corrected chi connectivity index (χ4v) is 4.93. The molecule has 0 saturated carbocycles. The number of pyridine rings is 3. The summed E-state index contributed by atoms with van der Waals surface area (Å²) in [4.78, 5) is 25.9. The van der Waals surface area contributed by atoms with Crippen LogP contribution in [-0.4, -0.2) is 35.8 Å². The first-order chi connectivity index (χ1) is 19.8. The van der Waals surface area contributed by atoms with Crippen molar-refractivity contribution >= 4 is 5.97 Å². The first-order valence-electron chi connectivity index (χ1n) is 13.0. The summed E-state index contributed by atoms with van der Waals surface area (Å²) in [6.07, 6.45) is 1.56. The monoisotopic (exact) mass is 557 g/mol. The Bertz CT molecular complexity index is 1620. The van der Waals surface area contributed by atoms with Gasteiger partial charge in [-0.2, -0.15) is 18.3 Å². The number of hydrogen-bond donors (Lipinski definition) is 1. The molecule has 5 rings (SSSR count). The minimum absolute atomic E-state index is 0.134. The number of nitrogens with zero attached hydrogens (tertiary/aromatic N) is 5. The van der Waals surface area contributed by atoms with E-state index in [9.17, 15) is 23.1 Å². The number of carbonyl (C=O) groups is 1. The summed E-state index contributed by atoms with van der Waals surface area (Å²) in [6, 6.07) is 25.3. The lowest BCUT2D eigenvalue weighted by atomic mass is 9.72. The lowest BCUT2D eigenvalue weighted by Gasteiger charge is -2.33. The van der Waals surface area contributed by atoms with E-state index in [1.54, 1.807) is 42.6 Å². The molecule has 0 bridgehead atoms. The minimum atomic E-state index is -4.55. The minimum Gasteiger partial charge on any atom is -0.477 e. The van der Waals surface area contributed by atoms with Gasteiger partial charge >= 0.3 is 12.1 Å². The Labute approximate surface area is 234 Å². The molecule has 0 aliphatic carbocycles. The number of aromatic nitrogens is 5. The normalized spacial score (nSPS) is 13.0. The van der Waals surface area contributed by atoms with Crippen molar-refractivity contribution < 1.29 is 23.1 Å². The van der Waals surface area contributed by atoms with Gasteiger partial charge in [-0.15, -0.1) is 0 Å². The standard InChI is InChI=1S/C31H26F3N5O2/c32-31(33,34)23-20-36-39(21-23)28-17-9-16-27(38-28)30(25-14-5-7-19-35-25,26-15-8-13-24(37-26)29(40)41)18-6-4-12-22-10-2-1-3-11-22/h1-3,5,7-11,13-17,19-21H,4,6,12,18H2,(H,40,41). The van der Waals surface area contributed by atoms with E-state index in [1.807, 2.05) is 30.3 Å². The fourth-order valence-electron chi connectivity index (χ4n) is 4.93. The molecule has 10 heteroatoms. The van der Waals surface area contributed by atoms with Gasteiger partial charge in [0.05, 0.1) is 34.3 Å². The van der Waals surface area contributed by atoms with E-state index in [-0.39, 0.29) is 11.5 Å². The van der Waals surface area contributed by atoms with Gasteiger partial charge in [-0.05, 0) is 61.2 Å². The molecule has 0 aliphatic rings. The molecule has 0 saturated heterocycles. The quantitative estimate of drug-likeness (QED) is 0.197. The van der Waals surface area contributed by atoms with Crippen LogP contribution in [0.1, 0.15) is 58.0 Å². The van der Waals surface area contributed by atoms with E-state index in [0.29, 0.717) is 29.9 Å². The van der Waals surface area contributed by atoms with Gasteiger partial charge in [0.15, 0.2) is 5.82 Å². The summed E-state index contributed by atoms with van der Waals surface area (Å²) < 4.78 is 40.9. The molecule has 0 spiro atoms. The van der Waals surface area contributed by atoms with Crippen molar-refractivity contribution in [3.8, 4) is 5.82 Å². The predicted molar refractivity (Wildman–Crippen MR) is 146 cm³/mol. The number of carboxylic acid groups (broad SMARTS) is 1. The Morgan fingerprint density at radius 1 is 0.805 bits per heavy atom. The van der Waals surface area contributed by atoms with Gasteiger partial charge in [-0.3, -0.25) is 4.98 Å². The van der Waals surface area contributed by atoms with Crippen LogP contribution in [-0.2, 0) is 18.0 Å². The molecule has 41 heavy (non-hydrogen) atoms. The molecule has 1 unspecified atom stereocenters. The Morgan fingerprint density at radius 2 is 1.51 bits per heavy atom. The molecule has 1 atom stereocenters. The number of carboxylic acids is 1. The maximum Gasteiger partial charge on any atom is 0.419 e. The molecule has 4 aromatic heterocycles. The first-order valence-corrected chi connectivity index (χ1v) is 13.0. The lowest BCUT2D eigenvalue weighted by Crippen LogP contribution is -2.33. The number of hydrogen-bond acceptors (Lipinski definition) is 5. The zero-order valence-electron chi connectivity index (χ0n) is 21.9. The molecular weight excluding hydrogens is 531 g/mol. The van der Waals surface area contributed by atoms with E-state index < -0.39 is 23.1 Å². The fraction of sp³-hybridized carbons (Fsp3) is 0.194. The van der Waals surface area contributed by atoms with Crippen LogP contribution in [0.3, 0.4) is 0 Å². The number of halogens is 3. The van der Waals surface area contributed by atoms with Crippen LogP contribution in [0.2, 0.25) is 0 Å². The largest absolute Gasteiger partial charge is 0.477 e. The van der Waals surface area contributed by atoms with Crippen LogP contribution in [0, 0.1) is 0 Å². The van der Waals surface area contributed by atoms with Crippen LogP contribution in [0.25, 0.3) is 5.82 Å². The SMILES string of the molecule is O=C(O)c1cccc(C(CCCCc2ccccc2)(c2ccccn2)c2cccc(-n3cc(C(F)(F)F)cn3)n2)n1. The Morgan fingerprint density at radius 3 is 2.20 bits per heavy atom. The van der Waals surface area contributed by atoms with E-state index >= 15 is 0 Å². The summed E-state index contributed by atoms with van der Waals surface area (Å²) >= 11 is 0. The second-order valence-corrected chi connectivity index (χ2v) is 9.58. The van der Waals surface area contributed by atoms with Crippen molar-refractivity contribution in [2.45, 2.75) is 37.3 Å². The summed E-state index contributed by atoms with van der Waals surface area (Å²) in [5, 5.41) is 13.6. The Balaban J connectivity index is 1.63. The Hall–Kier alpha value is -4.86. The Kier molecular flexibility index (Phi) is 7.91. The van der Waals surface area contributed by atoms with Gasteiger partial charge in [0.1, 0.15) is 5.69 Å². The summed E-state index contributed by atoms with van der Waals surface area (Å²) in [6.45, 7) is 0. The van der Waals surface area contributed by atoms with Crippen molar-refractivity contribution in [2.24, 2.45) is 0 Å². The van der Waals surface area contributed by atoms with Gasteiger partial charge in [-0.1, -0.05) is 55.0 Å². The molecular formula is C31H26F3N5O2. The van der Waals surface area contributed by atoms with E-state index in [1.165, 1.54) is 11.6 Å². The second-order valence-electron chi connectivity index (χ2n) is 9.58. The number of alkyl halides is 3. The van der Waals surface area contributed by atoms with Crippen LogP contribution < -0.4 is 0 Å². The molecule has 4 heterocycles. The zero-order valence-corrected chi connectivity index (χ0v) is 21.9.